The molecule has 0 saturated carbocycles. The summed E-state index contributed by atoms with van der Waals surface area (Å²) in [6.07, 6.45) is 3.32. The van der Waals surface area contributed by atoms with Gasteiger partial charge in [0, 0.05) is 6.42 Å². The first-order valence-electron chi connectivity index (χ1n) is 5.07. The molecule has 17 heavy (non-hydrogen) atoms. The zero-order chi connectivity index (χ0) is 12.9. The van der Waals surface area contributed by atoms with E-state index in [1.807, 2.05) is 30.3 Å². The molecular formula is C12H15N3O2. The number of rotatable bonds is 5. The molecule has 90 valence electrons. The van der Waals surface area contributed by atoms with Crippen LogP contribution in [0.25, 0.3) is 6.08 Å². The van der Waals surface area contributed by atoms with Crippen LogP contribution in [0.1, 0.15) is 12.0 Å². The summed E-state index contributed by atoms with van der Waals surface area (Å²) < 4.78 is 0. The summed E-state index contributed by atoms with van der Waals surface area (Å²) in [6, 6.07) is 9.39. The number of amides is 2. The van der Waals surface area contributed by atoms with Gasteiger partial charge in [0.25, 0.3) is 0 Å². The maximum atomic E-state index is 11.1. The van der Waals surface area contributed by atoms with Crippen molar-refractivity contribution in [1.29, 1.82) is 0 Å². The van der Waals surface area contributed by atoms with Gasteiger partial charge >= 0.3 is 0 Å². The molecule has 6 N–H and O–H groups in total. The summed E-state index contributed by atoms with van der Waals surface area (Å²) in [5, 5.41) is 0. The van der Waals surface area contributed by atoms with Gasteiger partial charge in [-0.1, -0.05) is 42.5 Å². The average Bonchev–Trinajstić information content (AvgIpc) is 2.29. The van der Waals surface area contributed by atoms with Crippen LogP contribution >= 0.6 is 0 Å². The number of nitrogens with two attached hydrogens (primary N) is 3. The van der Waals surface area contributed by atoms with Crippen LogP contribution in [0, 0.1) is 0 Å². The Morgan fingerprint density at radius 2 is 1.65 bits per heavy atom. The molecule has 0 unspecified atom stereocenters. The molecule has 1 aromatic rings. The molecule has 2 amide bonds. The number of benzene rings is 1. The lowest BCUT2D eigenvalue weighted by atomic mass is 9.94. The second-order valence-corrected chi connectivity index (χ2v) is 3.72. The van der Waals surface area contributed by atoms with E-state index < -0.39 is 17.4 Å². The van der Waals surface area contributed by atoms with Gasteiger partial charge in [-0.3, -0.25) is 9.59 Å². The summed E-state index contributed by atoms with van der Waals surface area (Å²) >= 11 is 0. The molecule has 0 aliphatic heterocycles. The molecule has 1 rings (SSSR count). The molecule has 0 radical (unpaired) electrons. The number of carbonyl (C=O) groups is 2. The lowest BCUT2D eigenvalue weighted by Crippen LogP contribution is -2.60. The third-order valence-electron chi connectivity index (χ3n) is 2.43. The first-order valence-corrected chi connectivity index (χ1v) is 5.07. The van der Waals surface area contributed by atoms with Gasteiger partial charge in [0.1, 0.15) is 0 Å². The third kappa shape index (κ3) is 3.15. The lowest BCUT2D eigenvalue weighted by Gasteiger charge is -2.19. The fourth-order valence-electron chi connectivity index (χ4n) is 1.27. The Morgan fingerprint density at radius 3 is 2.12 bits per heavy atom. The zero-order valence-corrected chi connectivity index (χ0v) is 9.30. The van der Waals surface area contributed by atoms with Crippen LogP contribution in [0.15, 0.2) is 36.4 Å². The van der Waals surface area contributed by atoms with Gasteiger partial charge in [0.05, 0.1) is 0 Å². The van der Waals surface area contributed by atoms with Crippen LogP contribution in [0.3, 0.4) is 0 Å². The minimum Gasteiger partial charge on any atom is -0.368 e. The zero-order valence-electron chi connectivity index (χ0n) is 9.30. The molecular weight excluding hydrogens is 218 g/mol. The molecule has 0 saturated heterocycles. The van der Waals surface area contributed by atoms with Crippen molar-refractivity contribution in [2.45, 2.75) is 12.0 Å². The van der Waals surface area contributed by atoms with Gasteiger partial charge < -0.3 is 17.2 Å². The van der Waals surface area contributed by atoms with Gasteiger partial charge in [0.15, 0.2) is 5.54 Å². The Bertz CT molecular complexity index is 426. The number of primary amides is 2. The van der Waals surface area contributed by atoms with Crippen molar-refractivity contribution in [3.05, 3.63) is 42.0 Å². The van der Waals surface area contributed by atoms with E-state index in [-0.39, 0.29) is 6.42 Å². The Kier molecular flexibility index (Phi) is 4.01. The van der Waals surface area contributed by atoms with Crippen molar-refractivity contribution < 1.29 is 9.59 Å². The summed E-state index contributed by atoms with van der Waals surface area (Å²) in [4.78, 5) is 22.1. The van der Waals surface area contributed by atoms with E-state index in [2.05, 4.69) is 0 Å². The Balaban J connectivity index is 2.75. The van der Waals surface area contributed by atoms with Gasteiger partial charge in [-0.2, -0.15) is 0 Å². The Labute approximate surface area is 99.3 Å². The van der Waals surface area contributed by atoms with Gasteiger partial charge in [-0.25, -0.2) is 0 Å². The monoisotopic (exact) mass is 233 g/mol. The molecule has 0 aliphatic rings. The predicted octanol–water partition coefficient (Wildman–Crippen LogP) is -0.242. The lowest BCUT2D eigenvalue weighted by molar-refractivity contribution is -0.133. The molecule has 0 aliphatic carbocycles. The van der Waals surface area contributed by atoms with Crippen LogP contribution in [0.5, 0.6) is 0 Å². The van der Waals surface area contributed by atoms with Crippen molar-refractivity contribution in [2.75, 3.05) is 0 Å². The number of hydrogen-bond acceptors (Lipinski definition) is 3. The fraction of sp³-hybridized carbons (Fsp3) is 0.167. The van der Waals surface area contributed by atoms with Crippen LogP contribution in [-0.2, 0) is 9.59 Å². The number of hydrogen-bond donors (Lipinski definition) is 3. The molecule has 5 nitrogen and oxygen atoms in total. The van der Waals surface area contributed by atoms with E-state index >= 15 is 0 Å². The topological polar surface area (TPSA) is 112 Å². The van der Waals surface area contributed by atoms with Crippen LogP contribution in [0.2, 0.25) is 0 Å². The van der Waals surface area contributed by atoms with Crippen molar-refractivity contribution in [3.63, 3.8) is 0 Å². The quantitative estimate of drug-likeness (QED) is 0.610. The minimum atomic E-state index is -1.83. The van der Waals surface area contributed by atoms with E-state index in [1.165, 1.54) is 0 Å². The Hall–Kier alpha value is -2.14. The minimum absolute atomic E-state index is 0.0213. The fourth-order valence-corrected chi connectivity index (χ4v) is 1.27. The number of carbonyl (C=O) groups excluding carboxylic acids is 2. The normalized spacial score (nSPS) is 11.6. The first-order chi connectivity index (χ1) is 7.97. The third-order valence-corrected chi connectivity index (χ3v) is 2.43. The maximum Gasteiger partial charge on any atom is 0.247 e. The van der Waals surface area contributed by atoms with Gasteiger partial charge in [-0.15, -0.1) is 0 Å². The predicted molar refractivity (Wildman–Crippen MR) is 65.4 cm³/mol. The van der Waals surface area contributed by atoms with Crippen LogP contribution in [-0.4, -0.2) is 17.4 Å². The van der Waals surface area contributed by atoms with E-state index in [9.17, 15) is 9.59 Å². The standard InChI is InChI=1S/C12H15N3O2/c13-10(16)12(15,11(14)17)8-4-7-9-5-2-1-3-6-9/h1-7H,8,15H2,(H2,13,16)(H2,14,17)/b7-4+. The van der Waals surface area contributed by atoms with Crippen molar-refractivity contribution in [2.24, 2.45) is 17.2 Å². The van der Waals surface area contributed by atoms with E-state index in [1.54, 1.807) is 12.2 Å². The molecule has 0 atom stereocenters. The van der Waals surface area contributed by atoms with Gasteiger partial charge in [-0.05, 0) is 5.56 Å². The van der Waals surface area contributed by atoms with E-state index in [4.69, 9.17) is 17.2 Å². The maximum absolute atomic E-state index is 11.1. The molecule has 0 heterocycles. The van der Waals surface area contributed by atoms with Crippen molar-refractivity contribution >= 4 is 17.9 Å². The molecule has 0 fully saturated rings. The largest absolute Gasteiger partial charge is 0.368 e. The summed E-state index contributed by atoms with van der Waals surface area (Å²) in [6.45, 7) is 0. The molecule has 0 spiro atoms. The molecule has 0 aromatic heterocycles. The highest BCUT2D eigenvalue weighted by Gasteiger charge is 2.37. The van der Waals surface area contributed by atoms with Gasteiger partial charge in [0.2, 0.25) is 11.8 Å². The highest BCUT2D eigenvalue weighted by atomic mass is 16.2. The summed E-state index contributed by atoms with van der Waals surface area (Å²) in [7, 11) is 0. The second kappa shape index (κ2) is 5.27. The second-order valence-electron chi connectivity index (χ2n) is 3.72. The first kappa shape index (κ1) is 12.9. The van der Waals surface area contributed by atoms with Crippen LogP contribution in [0.4, 0.5) is 0 Å². The van der Waals surface area contributed by atoms with E-state index in [0.717, 1.165) is 5.56 Å². The van der Waals surface area contributed by atoms with Crippen molar-refractivity contribution in [3.8, 4) is 0 Å². The SMILES string of the molecule is NC(=O)C(N)(C/C=C/c1ccccc1)C(N)=O. The van der Waals surface area contributed by atoms with Crippen LogP contribution < -0.4 is 17.2 Å². The molecule has 0 bridgehead atoms. The molecule has 5 heteroatoms. The highest BCUT2D eigenvalue weighted by Crippen LogP contribution is 2.09. The average molecular weight is 233 g/mol. The summed E-state index contributed by atoms with van der Waals surface area (Å²) in [5.74, 6) is -1.86. The highest BCUT2D eigenvalue weighted by molar-refractivity contribution is 6.08. The summed E-state index contributed by atoms with van der Waals surface area (Å²) in [5.41, 5.74) is 14.8. The molecule has 1 aromatic carbocycles. The van der Waals surface area contributed by atoms with Crippen molar-refractivity contribution in [1.82, 2.24) is 0 Å². The Morgan fingerprint density at radius 1 is 1.12 bits per heavy atom. The smallest absolute Gasteiger partial charge is 0.247 e. The van der Waals surface area contributed by atoms with E-state index in [0.29, 0.717) is 0 Å².